The minimum atomic E-state index is -1.45. The normalized spacial score (nSPS) is 25.8. The number of ether oxygens (including phenoxy) is 2. The number of benzene rings is 2. The summed E-state index contributed by atoms with van der Waals surface area (Å²) in [7, 11) is 0. The van der Waals surface area contributed by atoms with Crippen molar-refractivity contribution in [3.8, 4) is 5.75 Å². The van der Waals surface area contributed by atoms with E-state index in [0.29, 0.717) is 23.6 Å². The first-order valence-corrected chi connectivity index (χ1v) is 10.8. The van der Waals surface area contributed by atoms with Crippen LogP contribution in [0.2, 0.25) is 5.02 Å². The van der Waals surface area contributed by atoms with Gasteiger partial charge < -0.3 is 34.7 Å². The van der Waals surface area contributed by atoms with E-state index in [-0.39, 0.29) is 13.2 Å². The van der Waals surface area contributed by atoms with Crippen LogP contribution in [0.3, 0.4) is 0 Å². The summed E-state index contributed by atoms with van der Waals surface area (Å²) in [5.41, 5.74) is 2.45. The van der Waals surface area contributed by atoms with Crippen LogP contribution >= 0.6 is 11.6 Å². The number of oxime groups is 1. The first-order chi connectivity index (χ1) is 15.4. The molecule has 9 heteroatoms. The lowest BCUT2D eigenvalue weighted by atomic mass is 9.90. The second-order valence-corrected chi connectivity index (χ2v) is 7.82. The molecule has 1 fully saturated rings. The molecule has 0 aliphatic carbocycles. The summed E-state index contributed by atoms with van der Waals surface area (Å²) in [6.45, 7) is 2.30. The van der Waals surface area contributed by atoms with Gasteiger partial charge >= 0.3 is 0 Å². The molecule has 1 aliphatic rings. The molecule has 1 saturated heterocycles. The molecule has 1 heterocycles. The Kier molecular flexibility index (Phi) is 8.86. The van der Waals surface area contributed by atoms with Gasteiger partial charge in [-0.05, 0) is 48.2 Å². The van der Waals surface area contributed by atoms with Gasteiger partial charge in [0.1, 0.15) is 42.9 Å². The van der Waals surface area contributed by atoms with Gasteiger partial charge in [0.2, 0.25) is 0 Å². The highest BCUT2D eigenvalue weighted by Gasteiger charge is 2.43. The predicted octanol–water partition coefficient (Wildman–Crippen LogP) is 1.85. The molecule has 0 radical (unpaired) electrons. The molecule has 4 N–H and O–H groups in total. The molecular weight excluding hydrogens is 438 g/mol. The Morgan fingerprint density at radius 1 is 1.06 bits per heavy atom. The Morgan fingerprint density at radius 3 is 2.50 bits per heavy atom. The summed E-state index contributed by atoms with van der Waals surface area (Å²) in [6.07, 6.45) is -4.38. The van der Waals surface area contributed by atoms with Crippen molar-refractivity contribution >= 4 is 17.8 Å². The lowest BCUT2D eigenvalue weighted by Crippen LogP contribution is -2.54. The molecule has 0 amide bonds. The van der Waals surface area contributed by atoms with Gasteiger partial charge in [0.05, 0.1) is 19.4 Å². The minimum absolute atomic E-state index is 0.0139. The van der Waals surface area contributed by atoms with Crippen LogP contribution in [-0.2, 0) is 16.0 Å². The Bertz CT molecular complexity index is 892. The molecule has 2 aromatic rings. The van der Waals surface area contributed by atoms with Crippen LogP contribution in [0, 0.1) is 0 Å². The van der Waals surface area contributed by atoms with Crippen LogP contribution in [0.5, 0.6) is 5.75 Å². The van der Waals surface area contributed by atoms with Crippen molar-refractivity contribution in [2.24, 2.45) is 5.16 Å². The summed E-state index contributed by atoms with van der Waals surface area (Å²) >= 11 is 6.41. The van der Waals surface area contributed by atoms with Gasteiger partial charge in [0.15, 0.2) is 0 Å². The van der Waals surface area contributed by atoms with Gasteiger partial charge in [0.25, 0.3) is 0 Å². The van der Waals surface area contributed by atoms with Crippen LogP contribution in [0.25, 0.3) is 0 Å². The molecule has 3 rings (SSSR count). The second kappa shape index (κ2) is 11.6. The van der Waals surface area contributed by atoms with E-state index in [2.05, 4.69) is 5.16 Å². The summed E-state index contributed by atoms with van der Waals surface area (Å²) in [4.78, 5) is 4.82. The number of hydrogen-bond donors (Lipinski definition) is 4. The van der Waals surface area contributed by atoms with Crippen molar-refractivity contribution in [2.75, 3.05) is 19.8 Å². The van der Waals surface area contributed by atoms with Crippen molar-refractivity contribution in [3.05, 3.63) is 64.2 Å². The Hall–Kier alpha value is -2.20. The number of nitrogens with zero attached hydrogens (tertiary/aromatic N) is 1. The van der Waals surface area contributed by atoms with Gasteiger partial charge in [-0.15, -0.1) is 0 Å². The Morgan fingerprint density at radius 2 is 1.81 bits per heavy atom. The second-order valence-electron chi connectivity index (χ2n) is 7.41. The fraction of sp³-hybridized carbons (Fsp3) is 0.435. The van der Waals surface area contributed by atoms with Gasteiger partial charge in [-0.2, -0.15) is 0 Å². The fourth-order valence-corrected chi connectivity index (χ4v) is 3.68. The topological polar surface area (TPSA) is 121 Å². The molecule has 0 saturated carbocycles. The van der Waals surface area contributed by atoms with E-state index in [1.54, 1.807) is 12.1 Å². The van der Waals surface area contributed by atoms with E-state index < -0.39 is 30.5 Å². The van der Waals surface area contributed by atoms with Gasteiger partial charge in [-0.25, -0.2) is 0 Å². The summed E-state index contributed by atoms with van der Waals surface area (Å²) in [6, 6.07) is 12.9. The first kappa shape index (κ1) is 24.4. The molecule has 5 atom stereocenters. The number of aliphatic hydroxyl groups is 4. The van der Waals surface area contributed by atoms with Crippen LogP contribution in [-0.4, -0.2) is 70.9 Å². The van der Waals surface area contributed by atoms with E-state index in [1.165, 1.54) is 6.21 Å². The molecule has 8 nitrogen and oxygen atoms in total. The molecule has 32 heavy (non-hydrogen) atoms. The maximum atomic E-state index is 10.5. The monoisotopic (exact) mass is 465 g/mol. The molecule has 0 aromatic heterocycles. The van der Waals surface area contributed by atoms with Crippen molar-refractivity contribution in [1.29, 1.82) is 0 Å². The Labute approximate surface area is 191 Å². The average Bonchev–Trinajstić information content (AvgIpc) is 2.79. The lowest BCUT2D eigenvalue weighted by molar-refractivity contribution is -0.205. The quantitative estimate of drug-likeness (QED) is 0.253. The van der Waals surface area contributed by atoms with E-state index >= 15 is 0 Å². The van der Waals surface area contributed by atoms with Crippen molar-refractivity contribution in [1.82, 2.24) is 0 Å². The van der Waals surface area contributed by atoms with Gasteiger partial charge in [-0.1, -0.05) is 41.0 Å². The molecule has 0 bridgehead atoms. The van der Waals surface area contributed by atoms with Crippen molar-refractivity contribution < 1.29 is 34.7 Å². The highest BCUT2D eigenvalue weighted by molar-refractivity contribution is 6.31. The smallest absolute Gasteiger partial charge is 0.140 e. The van der Waals surface area contributed by atoms with E-state index in [0.717, 1.165) is 16.9 Å². The molecular formula is C23H28ClNO7. The maximum absolute atomic E-state index is 10.5. The Balaban J connectivity index is 1.79. The lowest BCUT2D eigenvalue weighted by Gasteiger charge is -2.39. The molecule has 1 aliphatic heterocycles. The zero-order valence-corrected chi connectivity index (χ0v) is 18.4. The number of aliphatic hydroxyl groups excluding tert-OH is 4. The zero-order chi connectivity index (χ0) is 23.1. The van der Waals surface area contributed by atoms with E-state index in [1.807, 2.05) is 37.3 Å². The van der Waals surface area contributed by atoms with Crippen LogP contribution in [0.1, 0.15) is 29.7 Å². The number of halogens is 1. The standard InChI is InChI=1S/C23H28ClNO7/c1-2-30-17-6-3-14(4-7-17)11-16-12-15(5-8-18(16)24)23-22(29)21(28)20(27)19(32-23)13-25-31-10-9-26/h3-8,12-13,19-23,26-29H,2,9-11H2,1H3/t19-,20-,21+,22-,23+/m1/s1. The zero-order valence-electron chi connectivity index (χ0n) is 17.7. The summed E-state index contributed by atoms with van der Waals surface area (Å²) in [5.74, 6) is 0.790. The third kappa shape index (κ3) is 5.98. The fourth-order valence-electron chi connectivity index (χ4n) is 3.50. The van der Waals surface area contributed by atoms with Crippen molar-refractivity contribution in [2.45, 2.75) is 43.9 Å². The number of hydrogen-bond acceptors (Lipinski definition) is 8. The molecule has 0 unspecified atom stereocenters. The largest absolute Gasteiger partial charge is 0.494 e. The van der Waals surface area contributed by atoms with Crippen LogP contribution in [0.15, 0.2) is 47.6 Å². The third-order valence-corrected chi connectivity index (χ3v) is 5.51. The molecule has 0 spiro atoms. The van der Waals surface area contributed by atoms with Crippen LogP contribution < -0.4 is 4.74 Å². The highest BCUT2D eigenvalue weighted by Crippen LogP contribution is 2.34. The SMILES string of the molecule is CCOc1ccc(Cc2cc([C@@H]3O[C@H](C=NOCCO)[C@@H](O)[C@H](O)[C@H]3O)ccc2Cl)cc1. The van der Waals surface area contributed by atoms with E-state index in [9.17, 15) is 15.3 Å². The van der Waals surface area contributed by atoms with E-state index in [4.69, 9.17) is 31.0 Å². The number of rotatable bonds is 9. The molecule has 2 aromatic carbocycles. The van der Waals surface area contributed by atoms with Crippen molar-refractivity contribution in [3.63, 3.8) is 0 Å². The van der Waals surface area contributed by atoms with Gasteiger partial charge in [-0.3, -0.25) is 0 Å². The molecule has 174 valence electrons. The minimum Gasteiger partial charge on any atom is -0.494 e. The maximum Gasteiger partial charge on any atom is 0.140 e. The first-order valence-electron chi connectivity index (χ1n) is 10.4. The summed E-state index contributed by atoms with van der Waals surface area (Å²) in [5, 5.41) is 44.0. The van der Waals surface area contributed by atoms with Gasteiger partial charge in [0, 0.05) is 5.02 Å². The highest BCUT2D eigenvalue weighted by atomic mass is 35.5. The summed E-state index contributed by atoms with van der Waals surface area (Å²) < 4.78 is 11.3. The average molecular weight is 466 g/mol. The van der Waals surface area contributed by atoms with Crippen LogP contribution in [0.4, 0.5) is 0 Å². The third-order valence-electron chi connectivity index (χ3n) is 5.14. The predicted molar refractivity (Wildman–Crippen MR) is 119 cm³/mol.